The van der Waals surface area contributed by atoms with Gasteiger partial charge in [0.25, 0.3) is 0 Å². The minimum atomic E-state index is -0.466. The molecule has 38 heavy (non-hydrogen) atoms. The maximum absolute atomic E-state index is 14.2. The zero-order valence-corrected chi connectivity index (χ0v) is 22.0. The standard InChI is InChI=1S/C28H35FN8O/c1-3-20-4-7-26(31-15-20)21-12-19(2)13-24(14-21)34-23-6-5-22(30-16-23)17-33-36-28-32-18-25(29)27(35-28)37-8-10-38-11-9-37/h5-6,12-14,16-18,20,26,31,34H,3-4,7-11,15H2,1-2H3,(H,32,35,36)/b33-17+. The second-order valence-corrected chi connectivity index (χ2v) is 9.88. The quantitative estimate of drug-likeness (QED) is 0.289. The number of nitrogens with zero attached hydrogens (tertiary/aromatic N) is 5. The van der Waals surface area contributed by atoms with E-state index in [4.69, 9.17) is 4.74 Å². The van der Waals surface area contributed by atoms with Crippen LogP contribution in [0.25, 0.3) is 0 Å². The molecule has 2 aliphatic heterocycles. The topological polar surface area (TPSA) is 99.6 Å². The third-order valence-electron chi connectivity index (χ3n) is 7.07. The largest absolute Gasteiger partial charge is 0.378 e. The smallest absolute Gasteiger partial charge is 0.245 e. The summed E-state index contributed by atoms with van der Waals surface area (Å²) in [4.78, 5) is 14.6. The van der Waals surface area contributed by atoms with E-state index in [-0.39, 0.29) is 11.8 Å². The number of hydrazone groups is 1. The van der Waals surface area contributed by atoms with Gasteiger partial charge in [-0.3, -0.25) is 4.98 Å². The SMILES string of the molecule is CCC1CCC(c2cc(C)cc(Nc3ccc(/C=N/Nc4ncc(F)c(N5CCOCC5)n4)nc3)c2)NC1. The molecule has 0 aliphatic carbocycles. The first-order valence-corrected chi connectivity index (χ1v) is 13.3. The Kier molecular flexibility index (Phi) is 8.40. The van der Waals surface area contributed by atoms with Gasteiger partial charge in [-0.1, -0.05) is 19.4 Å². The van der Waals surface area contributed by atoms with Crippen molar-refractivity contribution in [2.75, 3.05) is 48.5 Å². The summed E-state index contributed by atoms with van der Waals surface area (Å²) in [7, 11) is 0. The molecule has 0 radical (unpaired) electrons. The van der Waals surface area contributed by atoms with Gasteiger partial charge in [0, 0.05) is 24.8 Å². The number of hydrogen-bond acceptors (Lipinski definition) is 9. The predicted octanol–water partition coefficient (Wildman–Crippen LogP) is 4.80. The second kappa shape index (κ2) is 12.3. The summed E-state index contributed by atoms with van der Waals surface area (Å²) in [6.45, 7) is 7.74. The lowest BCUT2D eigenvalue weighted by Crippen LogP contribution is -2.37. The molecule has 2 saturated heterocycles. The van der Waals surface area contributed by atoms with Crippen LogP contribution >= 0.6 is 0 Å². The number of piperidine rings is 1. The summed E-state index contributed by atoms with van der Waals surface area (Å²) in [5.74, 6) is 0.786. The van der Waals surface area contributed by atoms with Crippen LogP contribution < -0.4 is 21.0 Å². The van der Waals surface area contributed by atoms with Crippen molar-refractivity contribution in [2.24, 2.45) is 11.0 Å². The Morgan fingerprint density at radius 3 is 2.74 bits per heavy atom. The van der Waals surface area contributed by atoms with E-state index in [2.05, 4.69) is 68.2 Å². The molecule has 2 fully saturated rings. The number of rotatable bonds is 8. The summed E-state index contributed by atoms with van der Waals surface area (Å²) >= 11 is 0. The second-order valence-electron chi connectivity index (χ2n) is 9.88. The van der Waals surface area contributed by atoms with Crippen LogP contribution in [0.1, 0.15) is 49.0 Å². The summed E-state index contributed by atoms with van der Waals surface area (Å²) < 4.78 is 19.5. The van der Waals surface area contributed by atoms with Crippen LogP contribution in [0, 0.1) is 18.7 Å². The molecular formula is C28H35FN8O. The molecule has 2 unspecified atom stereocenters. The van der Waals surface area contributed by atoms with Gasteiger partial charge < -0.3 is 20.3 Å². The van der Waals surface area contributed by atoms with E-state index >= 15 is 0 Å². The summed E-state index contributed by atoms with van der Waals surface area (Å²) in [5, 5.41) is 11.4. The molecule has 3 N–H and O–H groups in total. The number of halogens is 1. The van der Waals surface area contributed by atoms with Crippen molar-refractivity contribution in [1.29, 1.82) is 0 Å². The highest BCUT2D eigenvalue weighted by Gasteiger charge is 2.21. The number of anilines is 4. The van der Waals surface area contributed by atoms with Gasteiger partial charge in [-0.05, 0) is 67.6 Å². The highest BCUT2D eigenvalue weighted by Crippen LogP contribution is 2.30. The molecule has 9 nitrogen and oxygen atoms in total. The number of hydrogen-bond donors (Lipinski definition) is 3. The fraction of sp³-hybridized carbons (Fsp3) is 0.429. The van der Waals surface area contributed by atoms with Gasteiger partial charge in [-0.2, -0.15) is 10.1 Å². The molecule has 2 aromatic heterocycles. The Bertz CT molecular complexity index is 1240. The fourth-order valence-electron chi connectivity index (χ4n) is 4.92. The van der Waals surface area contributed by atoms with E-state index in [0.29, 0.717) is 38.0 Å². The van der Waals surface area contributed by atoms with Crippen molar-refractivity contribution in [1.82, 2.24) is 20.3 Å². The number of aryl methyl sites for hydroxylation is 1. The number of ether oxygens (including phenoxy) is 1. The Morgan fingerprint density at radius 1 is 1.13 bits per heavy atom. The molecule has 10 heteroatoms. The third kappa shape index (κ3) is 6.62. The van der Waals surface area contributed by atoms with E-state index < -0.39 is 5.82 Å². The van der Waals surface area contributed by atoms with E-state index in [1.54, 1.807) is 12.4 Å². The number of nitrogens with one attached hydrogen (secondary N) is 3. The predicted molar refractivity (Wildman–Crippen MR) is 149 cm³/mol. The van der Waals surface area contributed by atoms with Crippen molar-refractivity contribution in [3.8, 4) is 0 Å². The van der Waals surface area contributed by atoms with Gasteiger partial charge >= 0.3 is 0 Å². The first kappa shape index (κ1) is 26.0. The summed E-state index contributed by atoms with van der Waals surface area (Å²) in [5.41, 5.74) is 7.93. The summed E-state index contributed by atoms with van der Waals surface area (Å²) in [6.07, 6.45) is 8.18. The molecule has 0 bridgehead atoms. The van der Waals surface area contributed by atoms with Gasteiger partial charge in [0.15, 0.2) is 11.6 Å². The van der Waals surface area contributed by atoms with E-state index in [0.717, 1.165) is 30.0 Å². The maximum Gasteiger partial charge on any atom is 0.245 e. The number of aromatic nitrogens is 3. The minimum Gasteiger partial charge on any atom is -0.378 e. The molecule has 200 valence electrons. The van der Waals surface area contributed by atoms with Crippen LogP contribution in [0.2, 0.25) is 0 Å². The van der Waals surface area contributed by atoms with Crippen molar-refractivity contribution in [3.63, 3.8) is 0 Å². The minimum absolute atomic E-state index is 0.218. The first-order chi connectivity index (χ1) is 18.6. The molecule has 0 saturated carbocycles. The zero-order chi connectivity index (χ0) is 26.3. The van der Waals surface area contributed by atoms with Crippen molar-refractivity contribution in [2.45, 2.75) is 39.2 Å². The Balaban J connectivity index is 1.19. The Morgan fingerprint density at radius 2 is 2.00 bits per heavy atom. The van der Waals surface area contributed by atoms with Crippen LogP contribution in [0.4, 0.5) is 27.5 Å². The molecule has 0 amide bonds. The zero-order valence-electron chi connectivity index (χ0n) is 22.0. The van der Waals surface area contributed by atoms with Gasteiger partial charge in [0.05, 0.1) is 43.2 Å². The highest BCUT2D eigenvalue weighted by atomic mass is 19.1. The fourth-order valence-corrected chi connectivity index (χ4v) is 4.92. The summed E-state index contributed by atoms with van der Waals surface area (Å²) in [6, 6.07) is 10.9. The monoisotopic (exact) mass is 518 g/mol. The van der Waals surface area contributed by atoms with Crippen LogP contribution in [-0.4, -0.2) is 54.0 Å². The Labute approximate surface area is 222 Å². The average Bonchev–Trinajstić information content (AvgIpc) is 2.95. The lowest BCUT2D eigenvalue weighted by atomic mass is 9.89. The van der Waals surface area contributed by atoms with Gasteiger partial charge in [-0.15, -0.1) is 0 Å². The van der Waals surface area contributed by atoms with E-state index in [1.165, 1.54) is 30.4 Å². The lowest BCUT2D eigenvalue weighted by Gasteiger charge is -2.30. The molecule has 5 rings (SSSR count). The lowest BCUT2D eigenvalue weighted by molar-refractivity contribution is 0.122. The number of morpholine rings is 1. The molecule has 2 atom stereocenters. The van der Waals surface area contributed by atoms with E-state index in [1.807, 2.05) is 17.0 Å². The maximum atomic E-state index is 14.2. The van der Waals surface area contributed by atoms with Gasteiger partial charge in [0.1, 0.15) is 0 Å². The molecule has 0 spiro atoms. The molecule has 3 aromatic rings. The first-order valence-electron chi connectivity index (χ1n) is 13.3. The van der Waals surface area contributed by atoms with Crippen LogP contribution in [0.5, 0.6) is 0 Å². The third-order valence-corrected chi connectivity index (χ3v) is 7.07. The van der Waals surface area contributed by atoms with Crippen LogP contribution in [-0.2, 0) is 4.74 Å². The van der Waals surface area contributed by atoms with Crippen molar-refractivity contribution < 1.29 is 9.13 Å². The molecule has 4 heterocycles. The highest BCUT2D eigenvalue weighted by molar-refractivity contribution is 5.78. The van der Waals surface area contributed by atoms with Gasteiger partial charge in [-0.25, -0.2) is 14.8 Å². The molecular weight excluding hydrogens is 483 g/mol. The average molecular weight is 519 g/mol. The van der Waals surface area contributed by atoms with Crippen molar-refractivity contribution >= 4 is 29.4 Å². The molecule has 1 aromatic carbocycles. The van der Waals surface area contributed by atoms with Gasteiger partial charge in [0.2, 0.25) is 5.95 Å². The normalized spacial score (nSPS) is 20.0. The molecule has 2 aliphatic rings. The van der Waals surface area contributed by atoms with Crippen LogP contribution in [0.15, 0.2) is 47.8 Å². The van der Waals surface area contributed by atoms with E-state index in [9.17, 15) is 4.39 Å². The van der Waals surface area contributed by atoms with Crippen LogP contribution in [0.3, 0.4) is 0 Å². The Hall–Kier alpha value is -3.63. The number of benzene rings is 1. The van der Waals surface area contributed by atoms with Crippen molar-refractivity contribution in [3.05, 3.63) is 65.4 Å². The number of pyridine rings is 1.